The van der Waals surface area contributed by atoms with Crippen molar-refractivity contribution in [2.45, 2.75) is 6.54 Å². The molecule has 0 saturated heterocycles. The van der Waals surface area contributed by atoms with Crippen molar-refractivity contribution in [3.8, 4) is 0 Å². The molecule has 25 heavy (non-hydrogen) atoms. The summed E-state index contributed by atoms with van der Waals surface area (Å²) < 4.78 is 4.85. The molecule has 3 aromatic rings. The van der Waals surface area contributed by atoms with Crippen LogP contribution in [0.25, 0.3) is 0 Å². The van der Waals surface area contributed by atoms with Crippen molar-refractivity contribution in [2.24, 2.45) is 0 Å². The molecule has 0 atom stereocenters. The van der Waals surface area contributed by atoms with Crippen molar-refractivity contribution in [3.63, 3.8) is 0 Å². The Balaban J connectivity index is 2.19. The zero-order chi connectivity index (χ0) is 18.0. The third kappa shape index (κ3) is 4.24. The Morgan fingerprint density at radius 2 is 1.00 bits per heavy atom. The van der Waals surface area contributed by atoms with Gasteiger partial charge in [0.1, 0.15) is 0 Å². The average Bonchev–Trinajstić information content (AvgIpc) is 2.65. The lowest BCUT2D eigenvalue weighted by atomic mass is 10.1. The third-order valence-electron chi connectivity index (χ3n) is 3.71. The van der Waals surface area contributed by atoms with Crippen LogP contribution in [0.3, 0.4) is 0 Å². The lowest BCUT2D eigenvalue weighted by Gasteiger charge is -2.29. The summed E-state index contributed by atoms with van der Waals surface area (Å²) in [6, 6.07) is 20.8. The van der Waals surface area contributed by atoms with Gasteiger partial charge in [-0.3, -0.25) is 0 Å². The van der Waals surface area contributed by atoms with E-state index >= 15 is 0 Å². The van der Waals surface area contributed by atoms with Gasteiger partial charge in [-0.1, -0.05) is 48.5 Å². The van der Waals surface area contributed by atoms with E-state index in [1.807, 2.05) is 12.1 Å². The minimum atomic E-state index is 0.753. The van der Waals surface area contributed by atoms with Crippen LogP contribution in [0.15, 0.2) is 83.0 Å². The zero-order valence-corrected chi connectivity index (χ0v) is 20.7. The van der Waals surface area contributed by atoms with Gasteiger partial charge in [0.2, 0.25) is 0 Å². The topological polar surface area (TPSA) is 3.24 Å². The molecule has 0 aliphatic heterocycles. The van der Waals surface area contributed by atoms with Crippen LogP contribution in [0.5, 0.6) is 0 Å². The van der Waals surface area contributed by atoms with Gasteiger partial charge in [-0.15, -0.1) is 0 Å². The lowest BCUT2D eigenvalue weighted by molar-refractivity contribution is 0.966. The van der Waals surface area contributed by atoms with Crippen LogP contribution in [-0.4, -0.2) is 0 Å². The SMILES string of the molecule is Brc1c(Br)c(Br)c(N(Cc2ccccc2)c2ccccc2)c(Br)c1Br. The number of halogens is 5. The zero-order valence-electron chi connectivity index (χ0n) is 12.8. The molecule has 0 aliphatic carbocycles. The molecule has 3 aromatic carbocycles. The van der Waals surface area contributed by atoms with E-state index in [0.717, 1.165) is 40.3 Å². The van der Waals surface area contributed by atoms with Crippen LogP contribution in [0, 0.1) is 0 Å². The highest BCUT2D eigenvalue weighted by Crippen LogP contribution is 2.50. The van der Waals surface area contributed by atoms with E-state index in [4.69, 9.17) is 0 Å². The summed E-state index contributed by atoms with van der Waals surface area (Å²) in [5.74, 6) is 0. The summed E-state index contributed by atoms with van der Waals surface area (Å²) in [6.07, 6.45) is 0. The molecule has 1 nitrogen and oxygen atoms in total. The van der Waals surface area contributed by atoms with Gasteiger partial charge < -0.3 is 4.90 Å². The molecule has 0 bridgehead atoms. The smallest absolute Gasteiger partial charge is 0.0726 e. The van der Waals surface area contributed by atoms with Crippen LogP contribution in [0.2, 0.25) is 0 Å². The molecular formula is C19H12Br5N. The first-order chi connectivity index (χ1) is 12.0. The Morgan fingerprint density at radius 1 is 0.560 bits per heavy atom. The number of nitrogens with zero attached hydrogens (tertiary/aromatic N) is 1. The fraction of sp³-hybridized carbons (Fsp3) is 0.0526. The van der Waals surface area contributed by atoms with Crippen molar-refractivity contribution >= 4 is 91.0 Å². The van der Waals surface area contributed by atoms with Gasteiger partial charge in [-0.25, -0.2) is 0 Å². The molecule has 0 aromatic heterocycles. The molecule has 0 radical (unpaired) electrons. The van der Waals surface area contributed by atoms with Gasteiger partial charge in [0.25, 0.3) is 0 Å². The second-order valence-electron chi connectivity index (χ2n) is 5.33. The summed E-state index contributed by atoms with van der Waals surface area (Å²) in [4.78, 5) is 2.28. The quantitative estimate of drug-likeness (QED) is 0.201. The Hall–Kier alpha value is -0.140. The highest BCUT2D eigenvalue weighted by atomic mass is 79.9. The Kier molecular flexibility index (Phi) is 6.83. The first kappa shape index (κ1) is 19.6. The normalized spacial score (nSPS) is 10.8. The maximum Gasteiger partial charge on any atom is 0.0726 e. The number of hydrogen-bond acceptors (Lipinski definition) is 1. The minimum absolute atomic E-state index is 0.753. The molecule has 0 spiro atoms. The lowest BCUT2D eigenvalue weighted by Crippen LogP contribution is -2.18. The summed E-state index contributed by atoms with van der Waals surface area (Å²) in [5.41, 5.74) is 3.41. The van der Waals surface area contributed by atoms with E-state index in [9.17, 15) is 0 Å². The molecule has 0 fully saturated rings. The average molecular weight is 654 g/mol. The van der Waals surface area contributed by atoms with Crippen LogP contribution in [-0.2, 0) is 6.54 Å². The van der Waals surface area contributed by atoms with Crippen molar-refractivity contribution < 1.29 is 0 Å². The molecule has 0 amide bonds. The van der Waals surface area contributed by atoms with E-state index in [2.05, 4.69) is 133 Å². The van der Waals surface area contributed by atoms with Crippen molar-refractivity contribution in [3.05, 3.63) is 88.6 Å². The predicted octanol–water partition coefficient (Wildman–Crippen LogP) is 8.84. The van der Waals surface area contributed by atoms with Gasteiger partial charge in [0.05, 0.1) is 14.6 Å². The Morgan fingerprint density at radius 3 is 1.52 bits per heavy atom. The van der Waals surface area contributed by atoms with Crippen LogP contribution >= 0.6 is 79.6 Å². The summed E-state index contributed by atoms with van der Waals surface area (Å²) in [5, 5.41) is 0. The second-order valence-corrected chi connectivity index (χ2v) is 9.29. The van der Waals surface area contributed by atoms with Crippen molar-refractivity contribution in [2.75, 3.05) is 4.90 Å². The van der Waals surface area contributed by atoms with Crippen molar-refractivity contribution in [1.29, 1.82) is 0 Å². The summed E-state index contributed by atoms with van der Waals surface area (Å²) in [7, 11) is 0. The fourth-order valence-corrected chi connectivity index (χ4v) is 5.96. The van der Waals surface area contributed by atoms with Crippen LogP contribution in [0.4, 0.5) is 11.4 Å². The fourth-order valence-electron chi connectivity index (χ4n) is 2.50. The van der Waals surface area contributed by atoms with Gasteiger partial charge in [-0.2, -0.15) is 0 Å². The van der Waals surface area contributed by atoms with Gasteiger partial charge in [0.15, 0.2) is 0 Å². The molecule has 0 saturated carbocycles. The maximum absolute atomic E-state index is 3.76. The number of anilines is 2. The molecule has 0 N–H and O–H groups in total. The largest absolute Gasteiger partial charge is 0.335 e. The molecule has 3 rings (SSSR count). The van der Waals surface area contributed by atoms with E-state index in [0.29, 0.717) is 0 Å². The Bertz CT molecular complexity index is 852. The highest BCUT2D eigenvalue weighted by Gasteiger charge is 2.23. The molecule has 128 valence electrons. The van der Waals surface area contributed by atoms with E-state index in [-0.39, 0.29) is 0 Å². The maximum atomic E-state index is 3.76. The molecule has 0 heterocycles. The second kappa shape index (κ2) is 8.70. The molecule has 0 aliphatic rings. The predicted molar refractivity (Wildman–Crippen MR) is 124 cm³/mol. The molecule has 6 heteroatoms. The van der Waals surface area contributed by atoms with Gasteiger partial charge >= 0.3 is 0 Å². The third-order valence-corrected chi connectivity index (χ3v) is 9.76. The summed E-state index contributed by atoms with van der Waals surface area (Å²) >= 11 is 18.5. The highest BCUT2D eigenvalue weighted by molar-refractivity contribution is 9.15. The number of rotatable bonds is 4. The number of hydrogen-bond donors (Lipinski definition) is 0. The first-order valence-electron chi connectivity index (χ1n) is 7.38. The summed E-state index contributed by atoms with van der Waals surface area (Å²) in [6.45, 7) is 0.753. The van der Waals surface area contributed by atoms with E-state index in [1.165, 1.54) is 5.56 Å². The molecular weight excluding hydrogens is 642 g/mol. The molecule has 0 unspecified atom stereocenters. The standard InChI is InChI=1S/C19H12Br5N/c20-14-15(21)17(23)19(18(24)16(14)22)25(13-9-5-2-6-10-13)11-12-7-3-1-4-8-12/h1-10H,11H2. The van der Waals surface area contributed by atoms with E-state index in [1.54, 1.807) is 0 Å². The van der Waals surface area contributed by atoms with Crippen LogP contribution in [0.1, 0.15) is 5.56 Å². The first-order valence-corrected chi connectivity index (χ1v) is 11.3. The van der Waals surface area contributed by atoms with E-state index < -0.39 is 0 Å². The van der Waals surface area contributed by atoms with Crippen molar-refractivity contribution in [1.82, 2.24) is 0 Å². The monoisotopic (exact) mass is 649 g/mol. The van der Waals surface area contributed by atoms with Crippen LogP contribution < -0.4 is 4.90 Å². The van der Waals surface area contributed by atoms with Gasteiger partial charge in [0, 0.05) is 25.7 Å². The van der Waals surface area contributed by atoms with Gasteiger partial charge in [-0.05, 0) is 97.3 Å². The number of para-hydroxylation sites is 1. The number of benzene rings is 3. The Labute approximate surface area is 189 Å². The minimum Gasteiger partial charge on any atom is -0.335 e.